The Kier molecular flexibility index (Phi) is 6.93. The van der Waals surface area contributed by atoms with E-state index in [2.05, 4.69) is 24.9 Å². The van der Waals surface area contributed by atoms with E-state index in [1.807, 2.05) is 72.8 Å². The van der Waals surface area contributed by atoms with Crippen molar-refractivity contribution in [2.45, 2.75) is 25.2 Å². The highest BCUT2D eigenvalue weighted by atomic mass is 35.5. The minimum atomic E-state index is -0.277. The third-order valence-corrected chi connectivity index (χ3v) is 8.14. The van der Waals surface area contributed by atoms with Crippen LogP contribution in [-0.4, -0.2) is 28.0 Å². The lowest BCUT2D eigenvalue weighted by Crippen LogP contribution is -2.29. The molecule has 186 valence electrons. The minimum Gasteiger partial charge on any atom is -0.355 e. The number of allylic oxidation sites excluding steroid dienone is 4. The summed E-state index contributed by atoms with van der Waals surface area (Å²) in [5, 5.41) is 10.8. The lowest BCUT2D eigenvalue weighted by molar-refractivity contribution is 0.0886. The number of thioether (sulfide) groups is 1. The molecule has 1 heterocycles. The van der Waals surface area contributed by atoms with Gasteiger partial charge in [0.25, 0.3) is 0 Å². The van der Waals surface area contributed by atoms with Crippen LogP contribution in [0.4, 0.5) is 0 Å². The van der Waals surface area contributed by atoms with Crippen molar-refractivity contribution >= 4 is 62.4 Å². The van der Waals surface area contributed by atoms with Crippen molar-refractivity contribution in [2.75, 3.05) is 5.75 Å². The topological polar surface area (TPSA) is 73.8 Å². The number of aromatic nitrogens is 1. The maximum atomic E-state index is 13.4. The van der Waals surface area contributed by atoms with Crippen molar-refractivity contribution in [3.05, 3.63) is 101 Å². The first-order valence-corrected chi connectivity index (χ1v) is 13.6. The molecular weight excluding hydrogens is 500 g/mol. The molecule has 0 bridgehead atoms. The predicted molar refractivity (Wildman–Crippen MR) is 155 cm³/mol. The number of H-pyrrole nitrogens is 1. The number of carbonyl (C=O) groups is 2. The number of hydrogen-bond acceptors (Lipinski definition) is 4. The number of nitrogens with one attached hydrogen (secondary N) is 2. The zero-order valence-corrected chi connectivity index (χ0v) is 22.2. The monoisotopic (exact) mass is 526 g/mol. The molecular formula is C31H27ClN2O2S. The molecule has 0 amide bonds. The molecule has 1 aromatic heterocycles. The van der Waals surface area contributed by atoms with Gasteiger partial charge in [0.2, 0.25) is 5.78 Å². The standard InChI is InChI=1S/C31H27ClN2O2S/c1-31(2)15-4-3-5-25(31)29(35)19-6-12-27-23(17-19)24-18-20(7-13-28(24)34-27)30(36)26(33)14-16-37-22-10-8-21(32)9-11-22/h3-13,15,17-18,25,33-34H,14,16H2,1-2H3. The highest BCUT2D eigenvalue weighted by Gasteiger charge is 2.33. The van der Waals surface area contributed by atoms with E-state index in [9.17, 15) is 9.59 Å². The van der Waals surface area contributed by atoms with Crippen LogP contribution < -0.4 is 0 Å². The highest BCUT2D eigenvalue weighted by Crippen LogP contribution is 2.36. The molecule has 0 saturated heterocycles. The molecule has 1 atom stereocenters. The molecule has 0 radical (unpaired) electrons. The van der Waals surface area contributed by atoms with E-state index in [0.29, 0.717) is 28.3 Å². The fourth-order valence-corrected chi connectivity index (χ4v) is 5.71. The summed E-state index contributed by atoms with van der Waals surface area (Å²) in [6, 6.07) is 18.7. The quantitative estimate of drug-likeness (QED) is 0.138. The molecule has 0 saturated carbocycles. The van der Waals surface area contributed by atoms with Crippen molar-refractivity contribution in [1.82, 2.24) is 4.98 Å². The SMILES string of the molecule is CC1(C)C=CC=CC1C(=O)c1ccc2[nH]c3ccc(C(=O)C(=N)CCSc4ccc(Cl)cc4)cc3c2c1. The molecule has 4 nitrogen and oxygen atoms in total. The minimum absolute atomic E-state index is 0.0778. The number of benzene rings is 3. The Bertz CT molecular complexity index is 1600. The Hall–Kier alpha value is -3.41. The van der Waals surface area contributed by atoms with Gasteiger partial charge < -0.3 is 10.4 Å². The molecule has 3 aromatic carbocycles. The number of halogens is 1. The zero-order chi connectivity index (χ0) is 26.2. The van der Waals surface area contributed by atoms with Gasteiger partial charge in [-0.2, -0.15) is 0 Å². The molecule has 0 aliphatic heterocycles. The number of carbonyl (C=O) groups excluding carboxylic acids is 2. The van der Waals surface area contributed by atoms with E-state index >= 15 is 0 Å². The fraction of sp³-hybridized carbons (Fsp3) is 0.194. The second-order valence-corrected chi connectivity index (χ2v) is 11.5. The predicted octanol–water partition coefficient (Wildman–Crippen LogP) is 8.31. The fourth-order valence-electron chi connectivity index (χ4n) is 4.72. The molecule has 1 unspecified atom stereocenters. The van der Waals surface area contributed by atoms with Gasteiger partial charge in [0, 0.05) is 60.9 Å². The summed E-state index contributed by atoms with van der Waals surface area (Å²) in [6.07, 6.45) is 8.32. The molecule has 0 spiro atoms. The smallest absolute Gasteiger partial charge is 0.206 e. The third kappa shape index (κ3) is 5.20. The van der Waals surface area contributed by atoms with Gasteiger partial charge in [0.05, 0.1) is 5.71 Å². The van der Waals surface area contributed by atoms with E-state index in [1.54, 1.807) is 17.8 Å². The Morgan fingerprint density at radius 3 is 2.27 bits per heavy atom. The van der Waals surface area contributed by atoms with Crippen molar-refractivity contribution < 1.29 is 9.59 Å². The van der Waals surface area contributed by atoms with Crippen LogP contribution in [0, 0.1) is 16.7 Å². The van der Waals surface area contributed by atoms with Gasteiger partial charge in [0.15, 0.2) is 5.78 Å². The van der Waals surface area contributed by atoms with Crippen LogP contribution in [0.3, 0.4) is 0 Å². The Morgan fingerprint density at radius 2 is 1.59 bits per heavy atom. The summed E-state index contributed by atoms with van der Waals surface area (Å²) in [6.45, 7) is 4.14. The van der Waals surface area contributed by atoms with Gasteiger partial charge in [0.1, 0.15) is 0 Å². The maximum absolute atomic E-state index is 13.4. The van der Waals surface area contributed by atoms with Crippen LogP contribution in [0.5, 0.6) is 0 Å². The lowest BCUT2D eigenvalue weighted by atomic mass is 9.72. The number of fused-ring (bicyclic) bond motifs is 3. The van der Waals surface area contributed by atoms with Crippen molar-refractivity contribution in [3.8, 4) is 0 Å². The van der Waals surface area contributed by atoms with Gasteiger partial charge in [-0.15, -0.1) is 11.8 Å². The van der Waals surface area contributed by atoms with E-state index in [-0.39, 0.29) is 28.6 Å². The van der Waals surface area contributed by atoms with Crippen LogP contribution in [0.25, 0.3) is 21.8 Å². The normalized spacial score (nSPS) is 16.4. The van der Waals surface area contributed by atoms with E-state index in [0.717, 1.165) is 26.7 Å². The largest absolute Gasteiger partial charge is 0.355 e. The van der Waals surface area contributed by atoms with Crippen LogP contribution >= 0.6 is 23.4 Å². The Labute approximate surface area is 225 Å². The van der Waals surface area contributed by atoms with Gasteiger partial charge in [-0.1, -0.05) is 49.8 Å². The highest BCUT2D eigenvalue weighted by molar-refractivity contribution is 7.99. The van der Waals surface area contributed by atoms with Crippen molar-refractivity contribution in [3.63, 3.8) is 0 Å². The van der Waals surface area contributed by atoms with Gasteiger partial charge >= 0.3 is 0 Å². The average Bonchev–Trinajstić information content (AvgIpc) is 3.26. The van der Waals surface area contributed by atoms with Crippen molar-refractivity contribution in [2.24, 2.45) is 11.3 Å². The van der Waals surface area contributed by atoms with Crippen LogP contribution in [0.15, 0.2) is 89.9 Å². The molecule has 5 rings (SSSR count). The second kappa shape index (κ2) is 10.2. The van der Waals surface area contributed by atoms with Crippen molar-refractivity contribution in [1.29, 1.82) is 5.41 Å². The summed E-state index contributed by atoms with van der Waals surface area (Å²) < 4.78 is 0. The molecule has 2 N–H and O–H groups in total. The summed E-state index contributed by atoms with van der Waals surface area (Å²) >= 11 is 7.53. The molecule has 6 heteroatoms. The van der Waals surface area contributed by atoms with Gasteiger partial charge in [-0.3, -0.25) is 9.59 Å². The van der Waals surface area contributed by atoms with Gasteiger partial charge in [-0.05, 0) is 66.1 Å². The third-order valence-electron chi connectivity index (χ3n) is 6.88. The summed E-state index contributed by atoms with van der Waals surface area (Å²) in [5.41, 5.74) is 2.75. The van der Waals surface area contributed by atoms with Crippen LogP contribution in [0.1, 0.15) is 41.0 Å². The Balaban J connectivity index is 1.37. The molecule has 1 aliphatic rings. The first-order valence-electron chi connectivity index (χ1n) is 12.2. The molecule has 4 aromatic rings. The van der Waals surface area contributed by atoms with E-state index in [1.165, 1.54) is 0 Å². The number of hydrogen-bond donors (Lipinski definition) is 2. The number of rotatable bonds is 8. The van der Waals surface area contributed by atoms with Gasteiger partial charge in [-0.25, -0.2) is 0 Å². The van der Waals surface area contributed by atoms with E-state index in [4.69, 9.17) is 17.0 Å². The second-order valence-electron chi connectivity index (χ2n) is 9.91. The Morgan fingerprint density at radius 1 is 0.946 bits per heavy atom. The lowest BCUT2D eigenvalue weighted by Gasteiger charge is -2.30. The first-order chi connectivity index (χ1) is 17.7. The number of Topliss-reactive ketones (excluding diaryl/α,β-unsaturated/α-hetero) is 2. The summed E-state index contributed by atoms with van der Waals surface area (Å²) in [4.78, 5) is 30.9. The molecule has 37 heavy (non-hydrogen) atoms. The average molecular weight is 527 g/mol. The number of aromatic amines is 1. The zero-order valence-electron chi connectivity index (χ0n) is 20.7. The maximum Gasteiger partial charge on any atom is 0.206 e. The summed E-state index contributed by atoms with van der Waals surface area (Å²) in [5.74, 6) is 0.201. The number of ketones is 2. The van der Waals surface area contributed by atoms with Crippen LogP contribution in [0.2, 0.25) is 5.02 Å². The van der Waals surface area contributed by atoms with E-state index < -0.39 is 0 Å². The molecule has 0 fully saturated rings. The molecule has 1 aliphatic carbocycles. The summed E-state index contributed by atoms with van der Waals surface area (Å²) in [7, 11) is 0. The first kappa shape index (κ1) is 25.2. The van der Waals surface area contributed by atoms with Crippen LogP contribution in [-0.2, 0) is 0 Å².